The largest absolute Gasteiger partial charge is 0.338 e. The highest BCUT2D eigenvalue weighted by Crippen LogP contribution is 2.11. The third-order valence-electron chi connectivity index (χ3n) is 3.85. The van der Waals surface area contributed by atoms with E-state index in [1.807, 2.05) is 6.92 Å². The van der Waals surface area contributed by atoms with Crippen LogP contribution in [0.15, 0.2) is 18.2 Å². The Morgan fingerprint density at radius 2 is 1.96 bits per heavy atom. The SMILES string of the molecule is CCN(C(=O)NCCc1ccc(C)cc1C)[C@@H](C)CS(C)(=O)=O. The molecule has 0 heterocycles. The monoisotopic (exact) mass is 340 g/mol. The van der Waals surface area contributed by atoms with Gasteiger partial charge in [0.05, 0.1) is 5.75 Å². The zero-order valence-corrected chi connectivity index (χ0v) is 15.5. The summed E-state index contributed by atoms with van der Waals surface area (Å²) in [5.41, 5.74) is 3.65. The topological polar surface area (TPSA) is 66.5 Å². The molecule has 0 unspecified atom stereocenters. The number of carbonyl (C=O) groups is 1. The van der Waals surface area contributed by atoms with Crippen LogP contribution in [0.2, 0.25) is 0 Å². The molecule has 0 saturated carbocycles. The van der Waals surface area contributed by atoms with Gasteiger partial charge in [0.25, 0.3) is 0 Å². The molecule has 0 radical (unpaired) electrons. The molecular weight excluding hydrogens is 312 g/mol. The summed E-state index contributed by atoms with van der Waals surface area (Å²) in [5.74, 6) is -0.0225. The van der Waals surface area contributed by atoms with Gasteiger partial charge in [-0.2, -0.15) is 0 Å². The van der Waals surface area contributed by atoms with Gasteiger partial charge >= 0.3 is 6.03 Å². The number of sulfone groups is 1. The molecule has 0 aliphatic rings. The van der Waals surface area contributed by atoms with Crippen LogP contribution >= 0.6 is 0 Å². The molecule has 1 aromatic carbocycles. The Balaban J connectivity index is 2.56. The minimum absolute atomic E-state index is 0.0225. The zero-order valence-electron chi connectivity index (χ0n) is 14.7. The first-order valence-electron chi connectivity index (χ1n) is 7.92. The van der Waals surface area contributed by atoms with Crippen molar-refractivity contribution >= 4 is 15.9 Å². The van der Waals surface area contributed by atoms with Gasteiger partial charge in [0.15, 0.2) is 0 Å². The maximum atomic E-state index is 12.3. The van der Waals surface area contributed by atoms with E-state index in [2.05, 4.69) is 37.4 Å². The Labute approximate surface area is 140 Å². The fourth-order valence-electron chi connectivity index (χ4n) is 2.72. The second kappa shape index (κ2) is 8.34. The van der Waals surface area contributed by atoms with E-state index in [9.17, 15) is 13.2 Å². The number of aryl methyl sites for hydroxylation is 2. The molecule has 0 spiro atoms. The molecule has 1 rings (SSSR count). The fraction of sp³-hybridized carbons (Fsp3) is 0.588. The van der Waals surface area contributed by atoms with E-state index in [1.54, 1.807) is 11.8 Å². The number of hydrogen-bond donors (Lipinski definition) is 1. The fourth-order valence-corrected chi connectivity index (χ4v) is 3.77. The minimum Gasteiger partial charge on any atom is -0.338 e. The van der Waals surface area contributed by atoms with E-state index >= 15 is 0 Å². The third-order valence-corrected chi connectivity index (χ3v) is 4.93. The van der Waals surface area contributed by atoms with Crippen LogP contribution in [-0.4, -0.2) is 50.5 Å². The van der Waals surface area contributed by atoms with Crippen LogP contribution in [0.1, 0.15) is 30.5 Å². The van der Waals surface area contributed by atoms with Crippen molar-refractivity contribution in [3.63, 3.8) is 0 Å². The highest BCUT2D eigenvalue weighted by Gasteiger charge is 2.21. The summed E-state index contributed by atoms with van der Waals surface area (Å²) in [7, 11) is -3.11. The third kappa shape index (κ3) is 6.60. The molecule has 0 saturated heterocycles. The van der Waals surface area contributed by atoms with E-state index in [0.717, 1.165) is 6.42 Å². The van der Waals surface area contributed by atoms with Crippen LogP contribution in [0.4, 0.5) is 4.79 Å². The first-order valence-corrected chi connectivity index (χ1v) is 9.98. The van der Waals surface area contributed by atoms with Crippen molar-refractivity contribution in [2.45, 2.75) is 40.2 Å². The van der Waals surface area contributed by atoms with Gasteiger partial charge in [-0.25, -0.2) is 13.2 Å². The smallest absolute Gasteiger partial charge is 0.317 e. The molecule has 6 heteroatoms. The van der Waals surface area contributed by atoms with Crippen molar-refractivity contribution in [3.05, 3.63) is 34.9 Å². The lowest BCUT2D eigenvalue weighted by Crippen LogP contribution is -2.47. The van der Waals surface area contributed by atoms with E-state index in [0.29, 0.717) is 13.1 Å². The first kappa shape index (κ1) is 19.5. The highest BCUT2D eigenvalue weighted by atomic mass is 32.2. The van der Waals surface area contributed by atoms with Crippen molar-refractivity contribution in [2.75, 3.05) is 25.1 Å². The second-order valence-corrected chi connectivity index (χ2v) is 8.32. The molecule has 0 aromatic heterocycles. The standard InChI is InChI=1S/C17H28N2O3S/c1-6-19(15(4)12-23(5,21)22)17(20)18-10-9-16-8-7-13(2)11-14(16)3/h7-8,11,15H,6,9-10,12H2,1-5H3,(H,18,20)/t15-/m0/s1. The van der Waals surface area contributed by atoms with Crippen LogP contribution in [-0.2, 0) is 16.3 Å². The maximum Gasteiger partial charge on any atom is 0.317 e. The summed E-state index contributed by atoms with van der Waals surface area (Å²) in [6.45, 7) is 8.74. The summed E-state index contributed by atoms with van der Waals surface area (Å²) in [5, 5.41) is 2.88. The van der Waals surface area contributed by atoms with Gasteiger partial charge in [0.1, 0.15) is 9.84 Å². The summed E-state index contributed by atoms with van der Waals surface area (Å²) >= 11 is 0. The average molecular weight is 340 g/mol. The number of carbonyl (C=O) groups excluding carboxylic acids is 1. The molecule has 0 aliphatic carbocycles. The van der Waals surface area contributed by atoms with Gasteiger partial charge in [0, 0.05) is 25.4 Å². The molecule has 130 valence electrons. The van der Waals surface area contributed by atoms with Crippen LogP contribution in [0.25, 0.3) is 0 Å². The molecule has 0 fully saturated rings. The van der Waals surface area contributed by atoms with E-state index < -0.39 is 9.84 Å². The van der Waals surface area contributed by atoms with Crippen molar-refractivity contribution in [3.8, 4) is 0 Å². The van der Waals surface area contributed by atoms with E-state index in [4.69, 9.17) is 0 Å². The quantitative estimate of drug-likeness (QED) is 0.828. The maximum absolute atomic E-state index is 12.3. The lowest BCUT2D eigenvalue weighted by molar-refractivity contribution is 0.187. The highest BCUT2D eigenvalue weighted by molar-refractivity contribution is 7.90. The Morgan fingerprint density at radius 3 is 2.48 bits per heavy atom. The summed E-state index contributed by atoms with van der Waals surface area (Å²) in [4.78, 5) is 13.8. The van der Waals surface area contributed by atoms with Gasteiger partial charge in [-0.15, -0.1) is 0 Å². The van der Waals surface area contributed by atoms with Gasteiger partial charge in [-0.1, -0.05) is 23.8 Å². The number of rotatable bonds is 7. The Hall–Kier alpha value is -1.56. The van der Waals surface area contributed by atoms with Crippen molar-refractivity contribution in [1.29, 1.82) is 0 Å². The number of benzene rings is 1. The molecular formula is C17H28N2O3S. The summed E-state index contributed by atoms with van der Waals surface area (Å²) in [6.07, 6.45) is 1.95. The van der Waals surface area contributed by atoms with Crippen molar-refractivity contribution in [1.82, 2.24) is 10.2 Å². The minimum atomic E-state index is -3.11. The predicted molar refractivity (Wildman–Crippen MR) is 94.6 cm³/mol. The Kier molecular flexibility index (Phi) is 7.06. The molecule has 1 N–H and O–H groups in total. The predicted octanol–water partition coefficient (Wildman–Crippen LogP) is 2.31. The second-order valence-electron chi connectivity index (χ2n) is 6.14. The van der Waals surface area contributed by atoms with Crippen LogP contribution in [0, 0.1) is 13.8 Å². The molecule has 0 aliphatic heterocycles. The molecule has 0 bridgehead atoms. The number of nitrogens with zero attached hydrogens (tertiary/aromatic N) is 1. The summed E-state index contributed by atoms with van der Waals surface area (Å²) < 4.78 is 22.8. The van der Waals surface area contributed by atoms with Gasteiger partial charge in [-0.05, 0) is 45.2 Å². The number of urea groups is 1. The molecule has 1 atom stereocenters. The molecule has 1 aromatic rings. The summed E-state index contributed by atoms with van der Waals surface area (Å²) in [6, 6.07) is 5.73. The lowest BCUT2D eigenvalue weighted by atomic mass is 10.0. The van der Waals surface area contributed by atoms with Gasteiger partial charge < -0.3 is 10.2 Å². The normalized spacial score (nSPS) is 12.7. The average Bonchev–Trinajstić information content (AvgIpc) is 2.40. The van der Waals surface area contributed by atoms with E-state index in [-0.39, 0.29) is 17.8 Å². The van der Waals surface area contributed by atoms with Crippen LogP contribution in [0.5, 0.6) is 0 Å². The Morgan fingerprint density at radius 1 is 1.30 bits per heavy atom. The lowest BCUT2D eigenvalue weighted by Gasteiger charge is -2.27. The molecule has 23 heavy (non-hydrogen) atoms. The number of hydrogen-bond acceptors (Lipinski definition) is 3. The van der Waals surface area contributed by atoms with E-state index in [1.165, 1.54) is 22.9 Å². The van der Waals surface area contributed by atoms with Crippen molar-refractivity contribution in [2.24, 2.45) is 0 Å². The zero-order chi connectivity index (χ0) is 17.6. The van der Waals surface area contributed by atoms with Crippen LogP contribution < -0.4 is 5.32 Å². The Bertz CT molecular complexity index is 641. The molecule has 5 nitrogen and oxygen atoms in total. The molecule has 2 amide bonds. The number of nitrogens with one attached hydrogen (secondary N) is 1. The van der Waals surface area contributed by atoms with Crippen LogP contribution in [0.3, 0.4) is 0 Å². The number of amides is 2. The first-order chi connectivity index (χ1) is 10.6. The van der Waals surface area contributed by atoms with Gasteiger partial charge in [0.2, 0.25) is 0 Å². The van der Waals surface area contributed by atoms with Gasteiger partial charge in [-0.3, -0.25) is 0 Å². The van der Waals surface area contributed by atoms with Crippen molar-refractivity contribution < 1.29 is 13.2 Å².